The Hall–Kier alpha value is -6.29. The first-order chi connectivity index (χ1) is 38.8. The second kappa shape index (κ2) is 32.3. The van der Waals surface area contributed by atoms with Crippen molar-refractivity contribution in [2.24, 2.45) is 41.4 Å². The molecule has 0 saturated carbocycles. The molecule has 0 aliphatic carbocycles. The molecule has 0 aromatic rings. The van der Waals surface area contributed by atoms with Crippen LogP contribution in [-0.4, -0.2) is 221 Å². The third kappa shape index (κ3) is 18.9. The van der Waals surface area contributed by atoms with Crippen molar-refractivity contribution in [1.29, 1.82) is 0 Å². The summed E-state index contributed by atoms with van der Waals surface area (Å²) in [6.45, 7) is 29.9. The van der Waals surface area contributed by atoms with Gasteiger partial charge in [-0.3, -0.25) is 52.7 Å². The largest absolute Gasteiger partial charge is 0.495 e. The summed E-state index contributed by atoms with van der Waals surface area (Å²) in [5.74, 6) is -8.98. The van der Waals surface area contributed by atoms with Gasteiger partial charge < -0.3 is 60.3 Å². The van der Waals surface area contributed by atoms with E-state index in [-0.39, 0.29) is 55.8 Å². The van der Waals surface area contributed by atoms with Gasteiger partial charge in [0.25, 0.3) is 0 Å². The molecule has 2 aliphatic rings. The maximum Gasteiger partial charge on any atom is 0.247 e. The topological polar surface area (TPSA) is 268 Å². The van der Waals surface area contributed by atoms with Gasteiger partial charge in [0.05, 0.1) is 6.26 Å². The van der Waals surface area contributed by atoms with Crippen molar-refractivity contribution in [3.8, 4) is 0 Å². The molecule has 0 unspecified atom stereocenters. The predicted octanol–water partition coefficient (Wildman–Crippen LogP) is 3.24. The summed E-state index contributed by atoms with van der Waals surface area (Å²) in [6.07, 6.45) is 2.99. The van der Waals surface area contributed by atoms with Gasteiger partial charge in [-0.25, -0.2) is 0 Å². The van der Waals surface area contributed by atoms with Crippen molar-refractivity contribution in [3.05, 3.63) is 12.3 Å². The van der Waals surface area contributed by atoms with Gasteiger partial charge in [0.15, 0.2) is 0 Å². The lowest BCUT2D eigenvalue weighted by molar-refractivity contribution is -0.157. The molecule has 0 bridgehead atoms. The Labute approximate surface area is 501 Å². The number of nitrogens with one attached hydrogen (secondary N) is 4. The van der Waals surface area contributed by atoms with Crippen LogP contribution >= 0.6 is 0 Å². The van der Waals surface area contributed by atoms with Crippen LogP contribution in [-0.2, 0) is 57.5 Å². The number of carbonyl (C=O) groups excluding carboxylic acids is 11. The molecule has 13 atom stereocenters. The summed E-state index contributed by atoms with van der Waals surface area (Å²) in [5.41, 5.74) is 0. The van der Waals surface area contributed by atoms with Crippen LogP contribution in [0, 0.1) is 41.4 Å². The number of rotatable bonds is 12. The van der Waals surface area contributed by atoms with E-state index < -0.39 is 155 Å². The third-order valence-electron chi connectivity index (χ3n) is 16.4. The minimum absolute atomic E-state index is 0.0663. The van der Waals surface area contributed by atoms with Crippen molar-refractivity contribution < 1.29 is 57.5 Å². The fourth-order valence-electron chi connectivity index (χ4n) is 10.9. The van der Waals surface area contributed by atoms with Crippen LogP contribution in [0.4, 0.5) is 0 Å². The van der Waals surface area contributed by atoms with E-state index in [4.69, 9.17) is 4.74 Å². The molecule has 1 saturated heterocycles. The van der Waals surface area contributed by atoms with Gasteiger partial charge in [0, 0.05) is 55.3 Å². The van der Waals surface area contributed by atoms with Crippen molar-refractivity contribution in [1.82, 2.24) is 55.6 Å². The lowest BCUT2D eigenvalue weighted by Crippen LogP contribution is -2.63. The second-order valence-electron chi connectivity index (χ2n) is 26.0. The number of amides is 11. The molecule has 2 heterocycles. The maximum atomic E-state index is 15.1. The Bertz CT molecular complexity index is 2360. The lowest BCUT2D eigenvalue weighted by Gasteiger charge is -2.41. The van der Waals surface area contributed by atoms with Crippen molar-refractivity contribution in [2.75, 3.05) is 49.3 Å². The molecule has 2 aliphatic heterocycles. The minimum Gasteiger partial charge on any atom is -0.495 e. The lowest BCUT2D eigenvalue weighted by atomic mass is 9.93. The molecule has 1 fully saturated rings. The quantitative estimate of drug-likeness (QED) is 0.220. The smallest absolute Gasteiger partial charge is 0.247 e. The highest BCUT2D eigenvalue weighted by Gasteiger charge is 2.47. The normalized spacial score (nSPS) is 29.5. The average molecular weight is 1190 g/mol. The molecule has 0 radical (unpaired) electrons. The fourth-order valence-corrected chi connectivity index (χ4v) is 10.9. The molecule has 0 spiro atoms. The summed E-state index contributed by atoms with van der Waals surface area (Å²) < 4.78 is 5.99. The van der Waals surface area contributed by atoms with Crippen molar-refractivity contribution >= 4 is 65.0 Å². The van der Waals surface area contributed by atoms with Gasteiger partial charge in [-0.15, -0.1) is 0 Å². The Morgan fingerprint density at radius 1 is 0.417 bits per heavy atom. The molecule has 23 nitrogen and oxygen atoms in total. The van der Waals surface area contributed by atoms with Crippen molar-refractivity contribution in [3.63, 3.8) is 0 Å². The number of likely N-dealkylation sites (N-methyl/N-ethyl adjacent to an activating group) is 7. The molecule has 0 aromatic heterocycles. The van der Waals surface area contributed by atoms with Crippen LogP contribution in [0.25, 0.3) is 0 Å². The van der Waals surface area contributed by atoms with Crippen LogP contribution in [0.15, 0.2) is 12.3 Å². The van der Waals surface area contributed by atoms with E-state index in [1.165, 1.54) is 111 Å². The van der Waals surface area contributed by atoms with Crippen molar-refractivity contribution in [2.45, 2.75) is 222 Å². The molecule has 4 N–H and O–H groups in total. The molecule has 23 heteroatoms. The maximum absolute atomic E-state index is 15.1. The average Bonchev–Trinajstić information content (AvgIpc) is 2.83. The summed E-state index contributed by atoms with van der Waals surface area (Å²) in [5, 5.41) is 11.1. The number of carbonyl (C=O) groups is 11. The van der Waals surface area contributed by atoms with Crippen LogP contribution in [0.5, 0.6) is 0 Å². The van der Waals surface area contributed by atoms with Crippen LogP contribution in [0.1, 0.15) is 150 Å². The molecule has 478 valence electrons. The third-order valence-corrected chi connectivity index (χ3v) is 16.4. The monoisotopic (exact) mass is 1190 g/mol. The summed E-state index contributed by atoms with van der Waals surface area (Å²) in [7, 11) is 10.1. The zero-order valence-corrected chi connectivity index (χ0v) is 55.2. The van der Waals surface area contributed by atoms with Gasteiger partial charge in [0.2, 0.25) is 65.0 Å². The number of ether oxygens (including phenoxy) is 1. The SMILES string of the molecule is CC[C@H]1NC(=O)[C@@H]([C@@H]2OC=C[C@H]2C)N(C)C(=O)[C@@H](C(C)C)N(C)C(=O)[C@@H](CC(C)C)N(C)C(=O)[C@@H](CC(C)C)N(C)C(=O)[C@H](C)NC(=O)[C@@H](C)NC(=O)[C@@H](CC(C)C)N(C)C(=O)[C@@H](C(C)C)NC(=O)[C@H](CC(C)C)N(C)C(=O)[C@@H](C)N(C)C1=O. The van der Waals surface area contributed by atoms with E-state index in [1.54, 1.807) is 40.7 Å². The summed E-state index contributed by atoms with van der Waals surface area (Å²) in [6, 6.07) is -13.0. The minimum atomic E-state index is -1.35. The fraction of sp³-hybridized carbons (Fsp3) is 0.787. The van der Waals surface area contributed by atoms with E-state index in [1.807, 2.05) is 62.3 Å². The predicted molar refractivity (Wildman–Crippen MR) is 322 cm³/mol. The van der Waals surface area contributed by atoms with E-state index >= 15 is 9.59 Å². The van der Waals surface area contributed by atoms with Gasteiger partial charge >= 0.3 is 0 Å². The summed E-state index contributed by atoms with van der Waals surface area (Å²) >= 11 is 0. The second-order valence-corrected chi connectivity index (χ2v) is 26.0. The van der Waals surface area contributed by atoms with Crippen LogP contribution in [0.3, 0.4) is 0 Å². The Morgan fingerprint density at radius 3 is 1.26 bits per heavy atom. The number of hydrogen-bond acceptors (Lipinski definition) is 12. The molecule has 11 amide bonds. The van der Waals surface area contributed by atoms with Crippen LogP contribution < -0.4 is 21.3 Å². The van der Waals surface area contributed by atoms with Crippen LogP contribution in [0.2, 0.25) is 0 Å². The first-order valence-corrected chi connectivity index (χ1v) is 30.2. The van der Waals surface area contributed by atoms with Gasteiger partial charge in [-0.2, -0.15) is 0 Å². The standard InChI is InChI=1S/C61H107N11O12/c1-25-42-57(79)66(18)41(17)56(78)67(19)44(29-33(4)5)53(75)65-47(36(10)11)60(82)68(20)43(28-32(2)3)52(74)62-39(15)51(73)63-40(16)55(77)69(21)45(30-34(6)7)58(80)70(22)46(31-35(8)9)59(81)71(23)48(37(12)13)61(83)72(24)49(54(76)64-42)50-38(14)26-27-84-50/h26-27,32-50H,25,28-31H2,1-24H3,(H,62,74)(H,63,73)(H,64,76)(H,65,75)/t38-,39-,40+,41-,42-,43-,44+,45-,46-,47-,48-,49-,50-/m1/s1. The molecule has 84 heavy (non-hydrogen) atoms. The highest BCUT2D eigenvalue weighted by Crippen LogP contribution is 2.28. The Balaban J connectivity index is 2.95. The zero-order valence-electron chi connectivity index (χ0n) is 55.2. The van der Waals surface area contributed by atoms with E-state index in [9.17, 15) is 43.2 Å². The van der Waals surface area contributed by atoms with Gasteiger partial charge in [0.1, 0.15) is 72.6 Å². The van der Waals surface area contributed by atoms with Gasteiger partial charge in [-0.1, -0.05) is 96.9 Å². The Kier molecular flexibility index (Phi) is 28.4. The number of hydrogen-bond donors (Lipinski definition) is 4. The molecule has 0 aromatic carbocycles. The first-order valence-electron chi connectivity index (χ1n) is 30.2. The zero-order chi connectivity index (χ0) is 64.8. The highest BCUT2D eigenvalue weighted by atomic mass is 16.5. The highest BCUT2D eigenvalue weighted by molar-refractivity contribution is 6.00. The first kappa shape index (κ1) is 73.8. The Morgan fingerprint density at radius 2 is 0.833 bits per heavy atom. The van der Waals surface area contributed by atoms with E-state index in [0.717, 1.165) is 0 Å². The van der Waals surface area contributed by atoms with E-state index in [2.05, 4.69) is 21.3 Å². The summed E-state index contributed by atoms with van der Waals surface area (Å²) in [4.78, 5) is 170. The molecule has 2 rings (SSSR count). The molecular formula is C61H107N11O12. The van der Waals surface area contributed by atoms with Gasteiger partial charge in [-0.05, 0) is 94.5 Å². The molecular weight excluding hydrogens is 1080 g/mol. The number of nitrogens with zero attached hydrogens (tertiary/aromatic N) is 7. The van der Waals surface area contributed by atoms with E-state index in [0.29, 0.717) is 0 Å².